The average molecular weight is 1430 g/mol. The molecule has 0 unspecified atom stereocenters. The van der Waals surface area contributed by atoms with Crippen molar-refractivity contribution in [1.82, 2.24) is 10.6 Å². The fourth-order valence-electron chi connectivity index (χ4n) is 12.6. The molecule has 96 heavy (non-hydrogen) atoms. The fourth-order valence-corrected chi connectivity index (χ4v) is 14.9. The minimum atomic E-state index is -1.86. The van der Waals surface area contributed by atoms with Gasteiger partial charge in [0.1, 0.15) is 134 Å². The average Bonchev–Trinajstić information content (AvgIpc) is 0.776. The first-order chi connectivity index (χ1) is 46.0. The normalized spacial score (nSPS) is 40.7. The van der Waals surface area contributed by atoms with Crippen LogP contribution in [0.15, 0.2) is 0 Å². The molecule has 6 heterocycles. The van der Waals surface area contributed by atoms with Crippen LogP contribution in [-0.2, 0) is 66.4 Å². The number of carbonyl (C=O) groups is 2. The first-order valence-electron chi connectivity index (χ1n) is 34.1. The van der Waals surface area contributed by atoms with Gasteiger partial charge in [0.15, 0.2) is 37.7 Å². The summed E-state index contributed by atoms with van der Waals surface area (Å²) in [6.45, 7) is 2.78. The van der Waals surface area contributed by atoms with E-state index in [2.05, 4.69) is 10.6 Å². The van der Waals surface area contributed by atoms with Crippen molar-refractivity contribution >= 4 is 33.4 Å². The minimum absolute atomic E-state index is 0.187. The van der Waals surface area contributed by atoms with Crippen LogP contribution >= 0.6 is 21.6 Å². The maximum atomic E-state index is 12.7. The summed E-state index contributed by atoms with van der Waals surface area (Å²) in [4.78, 5) is 25.4. The number of carbonyl (C=O) groups excluding carboxylic acids is 2. The van der Waals surface area contributed by atoms with Crippen molar-refractivity contribution in [1.29, 1.82) is 0 Å². The molecule has 30 atom stereocenters. The summed E-state index contributed by atoms with van der Waals surface area (Å²) in [7, 11) is 3.85. The summed E-state index contributed by atoms with van der Waals surface area (Å²) in [6, 6.07) is -2.45. The number of hydrogen-bond acceptors (Lipinski definition) is 32. The van der Waals surface area contributed by atoms with Gasteiger partial charge in [0, 0.05) is 38.6 Å². The van der Waals surface area contributed by atoms with Crippen LogP contribution in [0.2, 0.25) is 0 Å². The molecule has 6 aliphatic rings. The third kappa shape index (κ3) is 24.0. The molecule has 0 radical (unpaired) electrons. The molecular formula is C62H112N2O30S2. The van der Waals surface area contributed by atoms with E-state index in [9.17, 15) is 91.3 Å². The lowest BCUT2D eigenvalue weighted by Crippen LogP contribution is -2.69. The second-order valence-corrected chi connectivity index (χ2v) is 28.5. The fraction of sp³-hybridized carbons (Fsp3) is 0.968. The summed E-state index contributed by atoms with van der Waals surface area (Å²) >= 11 is 0. The van der Waals surface area contributed by atoms with Crippen LogP contribution in [0, 0.1) is 0 Å². The monoisotopic (exact) mass is 1430 g/mol. The van der Waals surface area contributed by atoms with Crippen LogP contribution in [0.4, 0.5) is 0 Å². The molecule has 18 N–H and O–H groups in total. The van der Waals surface area contributed by atoms with E-state index in [1.165, 1.54) is 40.5 Å². The molecule has 0 aromatic rings. The van der Waals surface area contributed by atoms with Gasteiger partial charge in [-0.3, -0.25) is 9.59 Å². The molecule has 6 fully saturated rings. The number of amides is 2. The number of aliphatic hydroxyl groups is 16. The number of ether oxygens (including phenoxy) is 12. The zero-order valence-electron chi connectivity index (χ0n) is 55.4. The Kier molecular flexibility index (Phi) is 37.3. The van der Waals surface area contributed by atoms with Gasteiger partial charge in [0.25, 0.3) is 0 Å². The molecule has 6 saturated heterocycles. The zero-order chi connectivity index (χ0) is 70.2. The summed E-state index contributed by atoms with van der Waals surface area (Å²) in [5, 5.41) is 173. The van der Waals surface area contributed by atoms with Crippen molar-refractivity contribution in [2.45, 2.75) is 327 Å². The van der Waals surface area contributed by atoms with Gasteiger partial charge in [0.2, 0.25) is 11.8 Å². The van der Waals surface area contributed by atoms with E-state index in [0.717, 1.165) is 101 Å². The predicted octanol–water partition coefficient (Wildman–Crippen LogP) is -3.34. The standard InChI is InChI=1S/C62H112N2O30S2/c1-31-41(71)45(75)49(79)59(85-31)93-55-39(63-33(3)69)57(89-37(29-67)53(55)91-61-51(81)47(77)43(73)35(27-65)87-61)83-23-19-15-11-7-5-9-13-17-21-25-95-96-26-22-18-14-10-6-8-12-16-20-24-84-58-40(64-34(4)70)56(94-60-50(80)46(76)42(72)32(2)86-60)54(38(30-68)90-58)92-62-52(82)48(78)44(74)36(28-66)88-62/h31-32,35-62,65-68,71-82H,5-30H2,1-4H3,(H,63,69)(H,64,70)/t31-,32-,35+,36+,37+,38+,39+,40+,41+,42+,43-,44-,45+,46+,47-,48-,49-,50-,51+,52+,53+,54+,55+,56+,57+,58+,59-,60-,61-,62-/m0/s1. The Balaban J connectivity index is 0.806. The van der Waals surface area contributed by atoms with Gasteiger partial charge in [-0.1, -0.05) is 111 Å². The van der Waals surface area contributed by atoms with Gasteiger partial charge >= 0.3 is 0 Å². The summed E-state index contributed by atoms with van der Waals surface area (Å²) in [6.07, 6.45) is -24.6. The second-order valence-electron chi connectivity index (χ2n) is 25.8. The molecule has 0 aromatic heterocycles. The molecule has 34 heteroatoms. The van der Waals surface area contributed by atoms with Crippen LogP contribution in [0.3, 0.4) is 0 Å². The summed E-state index contributed by atoms with van der Waals surface area (Å²) in [5.74, 6) is 1.11. The molecule has 6 rings (SSSR count). The van der Waals surface area contributed by atoms with Gasteiger partial charge in [-0.2, -0.15) is 0 Å². The number of rotatable bonds is 41. The van der Waals surface area contributed by atoms with Gasteiger partial charge in [-0.15, -0.1) is 0 Å². The third-order valence-electron chi connectivity index (χ3n) is 18.3. The highest BCUT2D eigenvalue weighted by Crippen LogP contribution is 2.37. The van der Waals surface area contributed by atoms with Crippen molar-refractivity contribution < 1.29 is 148 Å². The summed E-state index contributed by atoms with van der Waals surface area (Å²) < 4.78 is 71.7. The number of unbranched alkanes of at least 4 members (excludes halogenated alkanes) is 16. The Labute approximate surface area is 568 Å². The molecule has 2 amide bonds. The Morgan fingerprint density at radius 2 is 0.583 bits per heavy atom. The Bertz CT molecular complexity index is 2020. The lowest BCUT2D eigenvalue weighted by Gasteiger charge is -2.50. The third-order valence-corrected chi connectivity index (χ3v) is 20.8. The van der Waals surface area contributed by atoms with Crippen LogP contribution in [0.25, 0.3) is 0 Å². The highest BCUT2D eigenvalue weighted by molar-refractivity contribution is 8.76. The highest BCUT2D eigenvalue weighted by Gasteiger charge is 2.57. The maximum Gasteiger partial charge on any atom is 0.217 e. The lowest BCUT2D eigenvalue weighted by molar-refractivity contribution is -0.373. The molecular weight excluding hydrogens is 1320 g/mol. The van der Waals surface area contributed by atoms with Gasteiger partial charge in [-0.05, 0) is 39.5 Å². The van der Waals surface area contributed by atoms with E-state index in [0.29, 0.717) is 12.8 Å². The van der Waals surface area contributed by atoms with E-state index in [1.807, 2.05) is 21.6 Å². The lowest BCUT2D eigenvalue weighted by atomic mass is 9.94. The number of hydrogen-bond donors (Lipinski definition) is 18. The van der Waals surface area contributed by atoms with Gasteiger partial charge < -0.3 is 149 Å². The van der Waals surface area contributed by atoms with Crippen LogP contribution < -0.4 is 10.6 Å². The van der Waals surface area contributed by atoms with Crippen LogP contribution in [0.5, 0.6) is 0 Å². The topological polar surface area (TPSA) is 493 Å². The molecule has 6 aliphatic heterocycles. The minimum Gasteiger partial charge on any atom is -0.394 e. The smallest absolute Gasteiger partial charge is 0.217 e. The van der Waals surface area contributed by atoms with Gasteiger partial charge in [0.05, 0.1) is 38.6 Å². The molecule has 0 spiro atoms. The van der Waals surface area contributed by atoms with E-state index in [-0.39, 0.29) is 13.2 Å². The Morgan fingerprint density at radius 3 is 0.885 bits per heavy atom. The Hall–Kier alpha value is -1.48. The quantitative estimate of drug-likeness (QED) is 0.0210. The molecule has 0 bridgehead atoms. The number of nitrogens with one attached hydrogen (secondary N) is 2. The highest BCUT2D eigenvalue weighted by atomic mass is 33.1. The van der Waals surface area contributed by atoms with E-state index in [1.54, 1.807) is 0 Å². The van der Waals surface area contributed by atoms with Crippen molar-refractivity contribution in [2.24, 2.45) is 0 Å². The summed E-state index contributed by atoms with van der Waals surface area (Å²) in [5.41, 5.74) is 0. The van der Waals surface area contributed by atoms with Crippen LogP contribution in [0.1, 0.15) is 143 Å². The largest absolute Gasteiger partial charge is 0.394 e. The first-order valence-corrected chi connectivity index (χ1v) is 36.6. The zero-order valence-corrected chi connectivity index (χ0v) is 57.0. The van der Waals surface area contributed by atoms with Crippen molar-refractivity contribution in [3.8, 4) is 0 Å². The van der Waals surface area contributed by atoms with Crippen molar-refractivity contribution in [3.05, 3.63) is 0 Å². The van der Waals surface area contributed by atoms with E-state index >= 15 is 0 Å². The molecule has 0 saturated carbocycles. The molecule has 32 nitrogen and oxygen atoms in total. The number of aliphatic hydroxyl groups excluding tert-OH is 16. The van der Waals surface area contributed by atoms with Crippen molar-refractivity contribution in [2.75, 3.05) is 51.1 Å². The molecule has 562 valence electrons. The van der Waals surface area contributed by atoms with E-state index in [4.69, 9.17) is 56.8 Å². The van der Waals surface area contributed by atoms with Gasteiger partial charge in [-0.25, -0.2) is 0 Å². The van der Waals surface area contributed by atoms with Crippen LogP contribution in [-0.4, -0.2) is 329 Å². The molecule has 0 aliphatic carbocycles. The first kappa shape index (κ1) is 83.5. The molecule has 0 aromatic carbocycles. The van der Waals surface area contributed by atoms with E-state index < -0.39 is 222 Å². The van der Waals surface area contributed by atoms with Crippen molar-refractivity contribution in [3.63, 3.8) is 0 Å². The SMILES string of the molecule is CC(=O)N[C@H]1[C@H](OCCCCCCCCCCCSSCCCCCCCCCCCO[C@@H]2O[C@H](CO)[C@@H](O[C@@H]3O[C@H](CO)[C@H](O)[C@H](O)[C@H]3O)[C@H](O[C@@H]3O[C@@H](C)[C@@H](O)[C@@H](O)[C@@H]3O)[C@H]2NC(C)=O)O[C@H](CO)[C@@H](O[C@@H]2O[C@H](CO)[C@H](O)[C@H](O)[C@H]2O)[C@@H]1O[C@@H]1O[C@@H](C)[C@@H](O)[C@@H](O)[C@@H]1O. The Morgan fingerprint density at radius 1 is 0.323 bits per heavy atom. The second kappa shape index (κ2) is 43.0. The maximum absolute atomic E-state index is 12.7. The predicted molar refractivity (Wildman–Crippen MR) is 338 cm³/mol.